The molecule has 71 heavy (non-hydrogen) atoms. The predicted molar refractivity (Wildman–Crippen MR) is 293 cm³/mol. The molecule has 8 N–H and O–H groups in total. The molecule has 0 aromatic carbocycles. The van der Waals surface area contributed by atoms with Crippen molar-refractivity contribution in [3.05, 3.63) is 0 Å². The van der Waals surface area contributed by atoms with Gasteiger partial charge in [-0.15, -0.1) is 0 Å². The fraction of sp³-hybridized carbons (Fsp3) is 0.983. The maximum absolute atomic E-state index is 13.2. The van der Waals surface area contributed by atoms with Crippen molar-refractivity contribution >= 4 is 5.91 Å². The van der Waals surface area contributed by atoms with Crippen LogP contribution in [0.5, 0.6) is 0 Å². The molecule has 1 rings (SSSR count). The first-order valence-electron chi connectivity index (χ1n) is 30.9. The van der Waals surface area contributed by atoms with Crippen molar-refractivity contribution in [1.29, 1.82) is 0 Å². The fourth-order valence-electron chi connectivity index (χ4n) is 10.4. The summed E-state index contributed by atoms with van der Waals surface area (Å²) >= 11 is 0. The molecule has 0 aliphatic carbocycles. The van der Waals surface area contributed by atoms with Gasteiger partial charge in [-0.05, 0) is 12.8 Å². The monoisotopic (exact) mass is 1010 g/mol. The Bertz CT molecular complexity index is 1120. The predicted octanol–water partition coefficient (Wildman–Crippen LogP) is 13.4. The van der Waals surface area contributed by atoms with Gasteiger partial charge in [-0.2, -0.15) is 0 Å². The van der Waals surface area contributed by atoms with Gasteiger partial charge in [-0.3, -0.25) is 4.79 Å². The Kier molecular flexibility index (Phi) is 47.9. The smallest absolute Gasteiger partial charge is 0.249 e. The molecule has 1 heterocycles. The van der Waals surface area contributed by atoms with Gasteiger partial charge in [-0.1, -0.05) is 296 Å². The summed E-state index contributed by atoms with van der Waals surface area (Å²) in [5, 5.41) is 76.3. The first kappa shape index (κ1) is 68.1. The number of aliphatic hydroxyl groups is 7. The van der Waals surface area contributed by atoms with Crippen LogP contribution < -0.4 is 5.32 Å². The van der Waals surface area contributed by atoms with E-state index in [4.69, 9.17) is 9.47 Å². The highest BCUT2D eigenvalue weighted by atomic mass is 16.7. The number of aliphatic hydroxyl groups excluding tert-OH is 7. The Labute approximate surface area is 437 Å². The lowest BCUT2D eigenvalue weighted by molar-refractivity contribution is -0.303. The lowest BCUT2D eigenvalue weighted by Crippen LogP contribution is -2.60. The first-order chi connectivity index (χ1) is 34.7. The van der Waals surface area contributed by atoms with Gasteiger partial charge in [0, 0.05) is 0 Å². The molecule has 1 aliphatic rings. The molecule has 0 spiro atoms. The highest BCUT2D eigenvalue weighted by Crippen LogP contribution is 2.24. The van der Waals surface area contributed by atoms with E-state index < -0.39 is 74.2 Å². The van der Waals surface area contributed by atoms with Crippen LogP contribution in [0.25, 0.3) is 0 Å². The molecule has 0 aromatic heterocycles. The van der Waals surface area contributed by atoms with Gasteiger partial charge in [0.2, 0.25) is 5.91 Å². The molecule has 11 nitrogen and oxygen atoms in total. The minimum absolute atomic E-state index is 0.267. The van der Waals surface area contributed by atoms with Gasteiger partial charge in [0.1, 0.15) is 36.6 Å². The Balaban J connectivity index is 2.26. The number of nitrogens with one attached hydrogen (secondary N) is 1. The van der Waals surface area contributed by atoms with Crippen molar-refractivity contribution in [1.82, 2.24) is 5.32 Å². The molecule has 1 fully saturated rings. The largest absolute Gasteiger partial charge is 0.394 e. The lowest BCUT2D eigenvalue weighted by Gasteiger charge is -2.40. The lowest BCUT2D eigenvalue weighted by atomic mass is 9.98. The molecular weight excluding hydrogens is 895 g/mol. The van der Waals surface area contributed by atoms with Crippen LogP contribution in [0.1, 0.15) is 309 Å². The number of carbonyl (C=O) groups excluding carboxylic acids is 1. The summed E-state index contributed by atoms with van der Waals surface area (Å²) < 4.78 is 11.2. The number of unbranched alkanes of at least 4 members (excludes halogenated alkanes) is 42. The Morgan fingerprint density at radius 3 is 1.04 bits per heavy atom. The summed E-state index contributed by atoms with van der Waals surface area (Å²) in [7, 11) is 0. The Hall–Kier alpha value is -0.890. The number of carbonyl (C=O) groups is 1. The van der Waals surface area contributed by atoms with Crippen molar-refractivity contribution in [3.63, 3.8) is 0 Å². The summed E-state index contributed by atoms with van der Waals surface area (Å²) in [4.78, 5) is 13.2. The number of hydrogen-bond donors (Lipinski definition) is 8. The highest BCUT2D eigenvalue weighted by molar-refractivity contribution is 5.80. The van der Waals surface area contributed by atoms with E-state index >= 15 is 0 Å². The number of hydrogen-bond acceptors (Lipinski definition) is 10. The molecule has 0 bridgehead atoms. The van der Waals surface area contributed by atoms with Crippen molar-refractivity contribution in [2.45, 2.75) is 364 Å². The summed E-state index contributed by atoms with van der Waals surface area (Å²) in [5.74, 6) is -0.689. The number of amides is 1. The van der Waals surface area contributed by atoms with Gasteiger partial charge in [-0.25, -0.2) is 0 Å². The van der Waals surface area contributed by atoms with Crippen molar-refractivity contribution in [2.75, 3.05) is 13.2 Å². The topological polar surface area (TPSA) is 189 Å². The maximum atomic E-state index is 13.2. The standard InChI is InChI=1S/C60H119NO10/c1-3-5-7-9-11-13-15-17-19-21-23-24-25-26-27-28-30-31-33-35-37-39-41-43-45-47-52(63)55(65)51(50-70-60-58(68)57(67)56(66)54(49-62)71-60)61-59(69)53(64)48-46-44-42-40-38-36-34-32-29-22-20-18-16-14-12-10-8-6-4-2/h51-58,60,62-68H,3-50H2,1-2H3,(H,61,69). The molecule has 1 saturated heterocycles. The van der Waals surface area contributed by atoms with Crippen LogP contribution >= 0.6 is 0 Å². The van der Waals surface area contributed by atoms with Crippen molar-refractivity contribution in [3.8, 4) is 0 Å². The van der Waals surface area contributed by atoms with Gasteiger partial charge >= 0.3 is 0 Å². The molecule has 0 saturated carbocycles. The molecule has 0 radical (unpaired) electrons. The van der Waals surface area contributed by atoms with Crippen molar-refractivity contribution < 1.29 is 50.0 Å². The van der Waals surface area contributed by atoms with E-state index in [2.05, 4.69) is 19.2 Å². The quantitative estimate of drug-likeness (QED) is 0.0272. The third-order valence-corrected chi connectivity index (χ3v) is 15.4. The third-order valence-electron chi connectivity index (χ3n) is 15.4. The molecule has 9 unspecified atom stereocenters. The average Bonchev–Trinajstić information content (AvgIpc) is 3.37. The van der Waals surface area contributed by atoms with E-state index in [1.165, 1.54) is 231 Å². The molecule has 1 aliphatic heterocycles. The van der Waals surface area contributed by atoms with Crippen LogP contribution in [-0.4, -0.2) is 110 Å². The minimum atomic E-state index is -1.66. The molecular formula is C60H119NO10. The fourth-order valence-corrected chi connectivity index (χ4v) is 10.4. The maximum Gasteiger partial charge on any atom is 0.249 e. The van der Waals surface area contributed by atoms with Gasteiger partial charge in [0.15, 0.2) is 6.29 Å². The van der Waals surface area contributed by atoms with E-state index in [0.717, 1.165) is 38.5 Å². The second kappa shape index (κ2) is 50.0. The first-order valence-corrected chi connectivity index (χ1v) is 30.9. The summed E-state index contributed by atoms with van der Waals surface area (Å²) in [6, 6.07) is -1.16. The van der Waals surface area contributed by atoms with Gasteiger partial charge < -0.3 is 50.5 Å². The van der Waals surface area contributed by atoms with Gasteiger partial charge in [0.25, 0.3) is 0 Å². The van der Waals surface area contributed by atoms with E-state index in [-0.39, 0.29) is 6.42 Å². The number of ether oxygens (including phenoxy) is 2. The molecule has 9 atom stereocenters. The third kappa shape index (κ3) is 38.3. The SMILES string of the molecule is CCCCCCCCCCCCCCCCCCCCCCCCCCCC(O)C(O)C(COC1OC(CO)C(O)C(O)C1O)NC(=O)C(O)CCCCCCCCCCCCCCCCCCCCC. The Morgan fingerprint density at radius 2 is 0.732 bits per heavy atom. The highest BCUT2D eigenvalue weighted by Gasteiger charge is 2.44. The second-order valence-corrected chi connectivity index (χ2v) is 22.1. The molecule has 0 aromatic rings. The van der Waals surface area contributed by atoms with Crippen LogP contribution in [0.15, 0.2) is 0 Å². The van der Waals surface area contributed by atoms with Crippen LogP contribution in [0.4, 0.5) is 0 Å². The zero-order chi connectivity index (χ0) is 51.8. The van der Waals surface area contributed by atoms with E-state index in [1.807, 2.05) is 0 Å². The van der Waals surface area contributed by atoms with Crippen LogP contribution in [-0.2, 0) is 14.3 Å². The van der Waals surface area contributed by atoms with E-state index in [1.54, 1.807) is 0 Å². The molecule has 1 amide bonds. The van der Waals surface area contributed by atoms with E-state index in [9.17, 15) is 40.5 Å². The number of rotatable bonds is 54. The Morgan fingerprint density at radius 1 is 0.437 bits per heavy atom. The zero-order valence-electron chi connectivity index (χ0n) is 46.5. The molecule has 11 heteroatoms. The van der Waals surface area contributed by atoms with Gasteiger partial charge in [0.05, 0.1) is 25.4 Å². The van der Waals surface area contributed by atoms with Crippen LogP contribution in [0.3, 0.4) is 0 Å². The summed E-state index contributed by atoms with van der Waals surface area (Å²) in [5.41, 5.74) is 0. The van der Waals surface area contributed by atoms with Crippen LogP contribution in [0, 0.1) is 0 Å². The second-order valence-electron chi connectivity index (χ2n) is 22.1. The van der Waals surface area contributed by atoms with Crippen molar-refractivity contribution in [2.24, 2.45) is 0 Å². The summed E-state index contributed by atoms with van der Waals surface area (Å²) in [6.07, 6.45) is 45.9. The van der Waals surface area contributed by atoms with E-state index in [0.29, 0.717) is 19.3 Å². The molecule has 424 valence electrons. The zero-order valence-corrected chi connectivity index (χ0v) is 46.5. The summed E-state index contributed by atoms with van der Waals surface area (Å²) in [6.45, 7) is 3.51. The van der Waals surface area contributed by atoms with Crippen LogP contribution in [0.2, 0.25) is 0 Å². The average molecular weight is 1010 g/mol. The normalized spacial score (nSPS) is 20.0. The minimum Gasteiger partial charge on any atom is -0.394 e.